The quantitative estimate of drug-likeness (QED) is 0.747. The number of nitrogens with zero attached hydrogens (tertiary/aromatic N) is 4. The average Bonchev–Trinajstić information content (AvgIpc) is 3.16. The predicted octanol–water partition coefficient (Wildman–Crippen LogP) is 2.51. The lowest BCUT2D eigenvalue weighted by Crippen LogP contribution is -2.47. The Morgan fingerprint density at radius 2 is 1.93 bits per heavy atom. The van der Waals surface area contributed by atoms with Gasteiger partial charge in [-0.2, -0.15) is 0 Å². The van der Waals surface area contributed by atoms with Gasteiger partial charge < -0.3 is 14.8 Å². The van der Waals surface area contributed by atoms with Crippen molar-refractivity contribution in [3.05, 3.63) is 42.0 Å². The molecular weight excluding hydrogens is 381 g/mol. The molecule has 2 amide bonds. The van der Waals surface area contributed by atoms with E-state index < -0.39 is 0 Å². The van der Waals surface area contributed by atoms with Crippen LogP contribution in [0.25, 0.3) is 0 Å². The van der Waals surface area contributed by atoms with Gasteiger partial charge in [-0.3, -0.25) is 9.59 Å². The van der Waals surface area contributed by atoms with E-state index in [-0.39, 0.29) is 29.7 Å². The molecule has 1 aromatic carbocycles. The van der Waals surface area contributed by atoms with Gasteiger partial charge >= 0.3 is 0 Å². The minimum Gasteiger partial charge on any atom is -0.349 e. The zero-order chi connectivity index (χ0) is 20.1. The number of benzene rings is 1. The number of hydrogen-bond acceptors (Lipinski definition) is 5. The Labute approximate surface area is 167 Å². The van der Waals surface area contributed by atoms with E-state index >= 15 is 0 Å². The van der Waals surface area contributed by atoms with Gasteiger partial charge in [0.05, 0.1) is 5.75 Å². The van der Waals surface area contributed by atoms with E-state index in [2.05, 4.69) is 15.5 Å². The molecule has 0 radical (unpaired) electrons. The summed E-state index contributed by atoms with van der Waals surface area (Å²) in [5, 5.41) is 11.7. The van der Waals surface area contributed by atoms with Crippen LogP contribution in [0.5, 0.6) is 0 Å². The Balaban J connectivity index is 1.44. The van der Waals surface area contributed by atoms with E-state index in [4.69, 9.17) is 0 Å². The number of likely N-dealkylation sites (tertiary alicyclic amines) is 1. The summed E-state index contributed by atoms with van der Waals surface area (Å²) >= 11 is 1.39. The molecule has 1 aromatic heterocycles. The van der Waals surface area contributed by atoms with Gasteiger partial charge in [-0.05, 0) is 51.0 Å². The van der Waals surface area contributed by atoms with Crippen molar-refractivity contribution >= 4 is 23.6 Å². The maximum Gasteiger partial charge on any atom is 0.251 e. The molecule has 0 bridgehead atoms. The lowest BCUT2D eigenvalue weighted by Gasteiger charge is -2.32. The molecular formula is C19H24FN5O2S. The molecule has 0 atom stereocenters. The Bertz CT molecular complexity index is 816. The van der Waals surface area contributed by atoms with E-state index in [9.17, 15) is 14.0 Å². The first kappa shape index (κ1) is 20.3. The van der Waals surface area contributed by atoms with Crippen LogP contribution < -0.4 is 5.32 Å². The summed E-state index contributed by atoms with van der Waals surface area (Å²) in [7, 11) is 0. The highest BCUT2D eigenvalue weighted by Gasteiger charge is 2.24. The number of nitrogens with one attached hydrogen (secondary N) is 1. The molecule has 2 heterocycles. The molecule has 1 fully saturated rings. The topological polar surface area (TPSA) is 80.1 Å². The zero-order valence-corrected chi connectivity index (χ0v) is 16.8. The van der Waals surface area contributed by atoms with Gasteiger partial charge in [-0.25, -0.2) is 4.39 Å². The van der Waals surface area contributed by atoms with Crippen LogP contribution in [0.15, 0.2) is 35.7 Å². The minimum atomic E-state index is -0.368. The number of amides is 2. The summed E-state index contributed by atoms with van der Waals surface area (Å²) in [6, 6.07) is 5.74. The lowest BCUT2D eigenvalue weighted by atomic mass is 10.0. The van der Waals surface area contributed by atoms with E-state index in [0.29, 0.717) is 37.2 Å². The van der Waals surface area contributed by atoms with Gasteiger partial charge in [-0.1, -0.05) is 11.8 Å². The van der Waals surface area contributed by atoms with Crippen LogP contribution in [0.4, 0.5) is 4.39 Å². The van der Waals surface area contributed by atoms with Crippen LogP contribution in [0, 0.1) is 5.82 Å². The SMILES string of the molecule is CC(C)n1cnnc1SCC(=O)N1CCC(NC(=O)c2ccc(F)cc2)CC1. The second-order valence-electron chi connectivity index (χ2n) is 7.04. The Kier molecular flexibility index (Phi) is 6.66. The number of piperidine rings is 1. The van der Waals surface area contributed by atoms with Gasteiger partial charge in [0, 0.05) is 30.7 Å². The van der Waals surface area contributed by atoms with Crippen LogP contribution in [0.2, 0.25) is 0 Å². The first-order valence-electron chi connectivity index (χ1n) is 9.30. The van der Waals surface area contributed by atoms with Crippen LogP contribution in [-0.4, -0.2) is 56.4 Å². The molecule has 0 aliphatic carbocycles. The van der Waals surface area contributed by atoms with E-state index in [1.165, 1.54) is 36.0 Å². The normalized spacial score (nSPS) is 15.1. The molecule has 3 rings (SSSR count). The molecule has 0 unspecified atom stereocenters. The number of rotatable bonds is 6. The van der Waals surface area contributed by atoms with Crippen LogP contribution >= 0.6 is 11.8 Å². The van der Waals surface area contributed by atoms with E-state index in [1.807, 2.05) is 23.3 Å². The number of hydrogen-bond donors (Lipinski definition) is 1. The molecule has 1 aliphatic heterocycles. The number of thioether (sulfide) groups is 1. The molecule has 1 aliphatic rings. The van der Waals surface area contributed by atoms with Crippen molar-refractivity contribution in [1.29, 1.82) is 0 Å². The monoisotopic (exact) mass is 405 g/mol. The molecule has 1 N–H and O–H groups in total. The first-order valence-corrected chi connectivity index (χ1v) is 10.3. The van der Waals surface area contributed by atoms with Crippen LogP contribution in [-0.2, 0) is 4.79 Å². The molecule has 1 saturated heterocycles. The van der Waals surface area contributed by atoms with Gasteiger partial charge in [0.25, 0.3) is 5.91 Å². The van der Waals surface area contributed by atoms with Gasteiger partial charge in [-0.15, -0.1) is 10.2 Å². The summed E-state index contributed by atoms with van der Waals surface area (Å²) in [4.78, 5) is 26.5. The predicted molar refractivity (Wildman–Crippen MR) is 105 cm³/mol. The van der Waals surface area contributed by atoms with Crippen LogP contribution in [0.3, 0.4) is 0 Å². The molecule has 0 saturated carbocycles. The molecule has 7 nitrogen and oxygen atoms in total. The molecule has 28 heavy (non-hydrogen) atoms. The van der Waals surface area contributed by atoms with Crippen molar-refractivity contribution in [2.75, 3.05) is 18.8 Å². The van der Waals surface area contributed by atoms with E-state index in [0.717, 1.165) is 5.16 Å². The zero-order valence-electron chi connectivity index (χ0n) is 16.0. The summed E-state index contributed by atoms with van der Waals surface area (Å²) in [5.74, 6) is -0.203. The second-order valence-corrected chi connectivity index (χ2v) is 7.98. The highest BCUT2D eigenvalue weighted by Crippen LogP contribution is 2.20. The maximum absolute atomic E-state index is 13.0. The van der Waals surface area contributed by atoms with Gasteiger partial charge in [0.2, 0.25) is 5.91 Å². The summed E-state index contributed by atoms with van der Waals surface area (Å²) in [5.41, 5.74) is 0.436. The minimum absolute atomic E-state index is 0.0123. The van der Waals surface area contributed by atoms with Crippen molar-refractivity contribution < 1.29 is 14.0 Å². The number of carbonyl (C=O) groups excluding carboxylic acids is 2. The Morgan fingerprint density at radius 1 is 1.25 bits per heavy atom. The van der Waals surface area contributed by atoms with Gasteiger partial charge in [0.15, 0.2) is 5.16 Å². The fraction of sp³-hybridized carbons (Fsp3) is 0.474. The summed E-state index contributed by atoms with van der Waals surface area (Å²) in [6.07, 6.45) is 3.07. The van der Waals surface area contributed by atoms with Crippen molar-refractivity contribution in [2.45, 2.75) is 43.9 Å². The molecule has 2 aromatic rings. The van der Waals surface area contributed by atoms with Crippen molar-refractivity contribution in [2.24, 2.45) is 0 Å². The third-order valence-electron chi connectivity index (χ3n) is 4.71. The fourth-order valence-electron chi connectivity index (χ4n) is 3.05. The average molecular weight is 405 g/mol. The van der Waals surface area contributed by atoms with Crippen molar-refractivity contribution in [3.63, 3.8) is 0 Å². The highest BCUT2D eigenvalue weighted by atomic mass is 32.2. The fourth-order valence-corrected chi connectivity index (χ4v) is 4.00. The smallest absolute Gasteiger partial charge is 0.251 e. The van der Waals surface area contributed by atoms with E-state index in [1.54, 1.807) is 6.33 Å². The molecule has 9 heteroatoms. The summed E-state index contributed by atoms with van der Waals surface area (Å²) in [6.45, 7) is 5.29. The Hall–Kier alpha value is -2.42. The lowest BCUT2D eigenvalue weighted by molar-refractivity contribution is -0.129. The largest absolute Gasteiger partial charge is 0.349 e. The first-order chi connectivity index (χ1) is 13.4. The molecule has 150 valence electrons. The third-order valence-corrected chi connectivity index (χ3v) is 5.65. The Morgan fingerprint density at radius 3 is 2.57 bits per heavy atom. The number of halogens is 1. The molecule has 0 spiro atoms. The highest BCUT2D eigenvalue weighted by molar-refractivity contribution is 7.99. The van der Waals surface area contributed by atoms with Crippen LogP contribution in [0.1, 0.15) is 43.1 Å². The van der Waals surface area contributed by atoms with Crippen molar-refractivity contribution in [1.82, 2.24) is 25.0 Å². The second kappa shape index (κ2) is 9.18. The van der Waals surface area contributed by atoms with Gasteiger partial charge in [0.1, 0.15) is 12.1 Å². The third kappa shape index (κ3) is 5.09. The maximum atomic E-state index is 13.0. The van der Waals surface area contributed by atoms with Crippen molar-refractivity contribution in [3.8, 4) is 0 Å². The standard InChI is InChI=1S/C19H24FN5O2S/c1-13(2)25-12-21-23-19(25)28-11-17(26)24-9-7-16(8-10-24)22-18(27)14-3-5-15(20)6-4-14/h3-6,12-13,16H,7-11H2,1-2H3,(H,22,27). The number of aromatic nitrogens is 3. The summed E-state index contributed by atoms with van der Waals surface area (Å²) < 4.78 is 14.9. The number of carbonyl (C=O) groups is 2.